The van der Waals surface area contributed by atoms with Crippen molar-refractivity contribution < 1.29 is 0 Å². The summed E-state index contributed by atoms with van der Waals surface area (Å²) in [5, 5.41) is 13.1. The van der Waals surface area contributed by atoms with Crippen LogP contribution in [0.25, 0.3) is 11.0 Å². The molecular formula is C15H20N6. The van der Waals surface area contributed by atoms with Crippen LogP contribution in [0.5, 0.6) is 0 Å². The van der Waals surface area contributed by atoms with Crippen molar-refractivity contribution in [3.05, 3.63) is 41.5 Å². The molecule has 6 heteroatoms. The van der Waals surface area contributed by atoms with E-state index in [1.165, 1.54) is 11.1 Å². The average Bonchev–Trinajstić information content (AvgIpc) is 3.00. The lowest BCUT2D eigenvalue weighted by molar-refractivity contribution is 0.685. The van der Waals surface area contributed by atoms with E-state index in [2.05, 4.69) is 26.6 Å². The lowest BCUT2D eigenvalue weighted by Crippen LogP contribution is -2.16. The molecule has 3 rings (SSSR count). The lowest BCUT2D eigenvalue weighted by atomic mass is 10.2. The molecule has 3 aromatic heterocycles. The van der Waals surface area contributed by atoms with Gasteiger partial charge in [0, 0.05) is 38.4 Å². The molecule has 0 unspecified atom stereocenters. The summed E-state index contributed by atoms with van der Waals surface area (Å²) in [6.45, 7) is 3.76. The van der Waals surface area contributed by atoms with Crippen LogP contribution in [0, 0.1) is 6.92 Å². The summed E-state index contributed by atoms with van der Waals surface area (Å²) < 4.78 is 3.66. The van der Waals surface area contributed by atoms with Crippen LogP contribution in [0.2, 0.25) is 0 Å². The molecule has 3 heterocycles. The van der Waals surface area contributed by atoms with Crippen molar-refractivity contribution in [2.24, 2.45) is 14.1 Å². The van der Waals surface area contributed by atoms with E-state index in [1.54, 1.807) is 0 Å². The third-order valence-electron chi connectivity index (χ3n) is 3.60. The van der Waals surface area contributed by atoms with Crippen LogP contribution in [0.1, 0.15) is 16.8 Å². The Hall–Kier alpha value is -2.21. The van der Waals surface area contributed by atoms with Crippen LogP contribution in [-0.2, 0) is 27.1 Å². The van der Waals surface area contributed by atoms with Gasteiger partial charge in [-0.3, -0.25) is 9.36 Å². The molecule has 0 aromatic carbocycles. The Morgan fingerprint density at radius 1 is 1.19 bits per heavy atom. The van der Waals surface area contributed by atoms with E-state index in [9.17, 15) is 0 Å². The highest BCUT2D eigenvalue weighted by atomic mass is 15.3. The Labute approximate surface area is 123 Å². The molecule has 6 nitrogen and oxygen atoms in total. The molecule has 0 amide bonds. The third-order valence-corrected chi connectivity index (χ3v) is 3.60. The average molecular weight is 284 g/mol. The van der Waals surface area contributed by atoms with Crippen LogP contribution in [0.15, 0.2) is 24.7 Å². The highest BCUT2D eigenvalue weighted by Crippen LogP contribution is 2.16. The Morgan fingerprint density at radius 2 is 2.05 bits per heavy atom. The molecule has 1 N–H and O–H groups in total. The van der Waals surface area contributed by atoms with Crippen LogP contribution in [-0.4, -0.2) is 31.1 Å². The Balaban J connectivity index is 1.59. The number of aromatic nitrogens is 5. The zero-order valence-electron chi connectivity index (χ0n) is 12.7. The number of rotatable bonds is 5. The zero-order chi connectivity index (χ0) is 14.8. The van der Waals surface area contributed by atoms with Gasteiger partial charge in [0.2, 0.25) is 0 Å². The van der Waals surface area contributed by atoms with Gasteiger partial charge in [-0.05, 0) is 37.1 Å². The van der Waals surface area contributed by atoms with Gasteiger partial charge in [0.05, 0.1) is 11.9 Å². The van der Waals surface area contributed by atoms with Gasteiger partial charge in [-0.15, -0.1) is 0 Å². The van der Waals surface area contributed by atoms with E-state index < -0.39 is 0 Å². The third kappa shape index (κ3) is 2.95. The molecule has 110 valence electrons. The van der Waals surface area contributed by atoms with Crippen molar-refractivity contribution >= 4 is 11.0 Å². The highest BCUT2D eigenvalue weighted by molar-refractivity contribution is 5.78. The van der Waals surface area contributed by atoms with Crippen molar-refractivity contribution in [1.29, 1.82) is 0 Å². The number of nitrogens with one attached hydrogen (secondary N) is 1. The predicted octanol–water partition coefficient (Wildman–Crippen LogP) is 1.34. The minimum atomic E-state index is 0.817. The summed E-state index contributed by atoms with van der Waals surface area (Å²) in [7, 11) is 3.86. The van der Waals surface area contributed by atoms with E-state index in [1.807, 2.05) is 49.0 Å². The number of fused-ring (bicyclic) bond motifs is 1. The number of hydrogen-bond donors (Lipinski definition) is 1. The molecule has 0 aliphatic heterocycles. The first-order chi connectivity index (χ1) is 10.1. The number of aryl methyl sites for hydroxylation is 3. The zero-order valence-corrected chi connectivity index (χ0v) is 12.7. The van der Waals surface area contributed by atoms with Gasteiger partial charge in [-0.2, -0.15) is 10.2 Å². The van der Waals surface area contributed by atoms with E-state index in [-0.39, 0.29) is 0 Å². The maximum Gasteiger partial charge on any atom is 0.157 e. The van der Waals surface area contributed by atoms with Crippen LogP contribution in [0.3, 0.4) is 0 Å². The van der Waals surface area contributed by atoms with E-state index in [0.717, 1.165) is 36.2 Å². The van der Waals surface area contributed by atoms with Gasteiger partial charge in [0.15, 0.2) is 5.65 Å². The Morgan fingerprint density at radius 3 is 2.81 bits per heavy atom. The Bertz CT molecular complexity index is 755. The van der Waals surface area contributed by atoms with Crippen molar-refractivity contribution in [2.45, 2.75) is 19.9 Å². The monoisotopic (exact) mass is 284 g/mol. The molecule has 0 aliphatic carbocycles. The maximum atomic E-state index is 4.49. The lowest BCUT2D eigenvalue weighted by Gasteiger charge is -2.04. The fourth-order valence-electron chi connectivity index (χ4n) is 2.51. The summed E-state index contributed by atoms with van der Waals surface area (Å²) in [5.74, 6) is 0. The summed E-state index contributed by atoms with van der Waals surface area (Å²) in [5.41, 5.74) is 4.40. The molecule has 0 fully saturated rings. The van der Waals surface area contributed by atoms with Crippen molar-refractivity contribution in [1.82, 2.24) is 29.9 Å². The maximum absolute atomic E-state index is 4.49. The second-order valence-electron chi connectivity index (χ2n) is 5.37. The SMILES string of the molecule is Cc1nn(C)c2ncc(CNCCc3cnn(C)c3)cc12. The van der Waals surface area contributed by atoms with Crippen molar-refractivity contribution in [3.63, 3.8) is 0 Å². The molecule has 0 atom stereocenters. The number of nitrogens with zero attached hydrogens (tertiary/aromatic N) is 5. The first-order valence-electron chi connectivity index (χ1n) is 7.10. The number of hydrogen-bond acceptors (Lipinski definition) is 4. The fraction of sp³-hybridized carbons (Fsp3) is 0.400. The quantitative estimate of drug-likeness (QED) is 0.718. The highest BCUT2D eigenvalue weighted by Gasteiger charge is 2.06. The summed E-state index contributed by atoms with van der Waals surface area (Å²) in [6.07, 6.45) is 6.86. The molecular weight excluding hydrogens is 264 g/mol. The fourth-order valence-corrected chi connectivity index (χ4v) is 2.51. The van der Waals surface area contributed by atoms with Crippen LogP contribution in [0.4, 0.5) is 0 Å². The van der Waals surface area contributed by atoms with Gasteiger partial charge in [0.1, 0.15) is 0 Å². The molecule has 21 heavy (non-hydrogen) atoms. The first-order valence-corrected chi connectivity index (χ1v) is 7.10. The molecule has 0 saturated carbocycles. The largest absolute Gasteiger partial charge is 0.312 e. The molecule has 0 spiro atoms. The van der Waals surface area contributed by atoms with Gasteiger partial charge >= 0.3 is 0 Å². The molecule has 3 aromatic rings. The first kappa shape index (κ1) is 13.8. The van der Waals surface area contributed by atoms with E-state index in [4.69, 9.17) is 0 Å². The Kier molecular flexibility index (Phi) is 3.70. The summed E-state index contributed by atoms with van der Waals surface area (Å²) >= 11 is 0. The van der Waals surface area contributed by atoms with Gasteiger partial charge in [0.25, 0.3) is 0 Å². The molecule has 0 radical (unpaired) electrons. The van der Waals surface area contributed by atoms with Crippen LogP contribution >= 0.6 is 0 Å². The van der Waals surface area contributed by atoms with E-state index >= 15 is 0 Å². The predicted molar refractivity (Wildman–Crippen MR) is 81.9 cm³/mol. The molecule has 0 bridgehead atoms. The topological polar surface area (TPSA) is 60.6 Å². The van der Waals surface area contributed by atoms with Gasteiger partial charge < -0.3 is 5.32 Å². The summed E-state index contributed by atoms with van der Waals surface area (Å²) in [6, 6.07) is 2.17. The van der Waals surface area contributed by atoms with Crippen molar-refractivity contribution in [2.75, 3.05) is 6.54 Å². The smallest absolute Gasteiger partial charge is 0.157 e. The normalized spacial score (nSPS) is 11.4. The van der Waals surface area contributed by atoms with Crippen molar-refractivity contribution in [3.8, 4) is 0 Å². The second kappa shape index (κ2) is 5.65. The van der Waals surface area contributed by atoms with Gasteiger partial charge in [-0.1, -0.05) is 0 Å². The molecule has 0 aliphatic rings. The second-order valence-corrected chi connectivity index (χ2v) is 5.37. The minimum Gasteiger partial charge on any atom is -0.312 e. The molecule has 0 saturated heterocycles. The summed E-state index contributed by atoms with van der Waals surface area (Å²) in [4.78, 5) is 4.49. The standard InChI is InChI=1S/C15H20N6/c1-11-14-6-13(8-17-15(14)21(3)19-11)7-16-5-4-12-9-18-20(2)10-12/h6,8-10,16H,4-5,7H2,1-3H3. The van der Waals surface area contributed by atoms with Gasteiger partial charge in [-0.25, -0.2) is 4.98 Å². The van der Waals surface area contributed by atoms with Crippen LogP contribution < -0.4 is 5.32 Å². The number of pyridine rings is 1. The minimum absolute atomic E-state index is 0.817. The van der Waals surface area contributed by atoms with E-state index in [0.29, 0.717) is 0 Å².